The van der Waals surface area contributed by atoms with E-state index in [2.05, 4.69) is 37.2 Å². The smallest absolute Gasteiger partial charge is 0.243 e. The fourth-order valence-corrected chi connectivity index (χ4v) is 5.18. The summed E-state index contributed by atoms with van der Waals surface area (Å²) in [5, 5.41) is 2.93. The molecule has 0 saturated carbocycles. The number of thioether (sulfide) groups is 1. The number of carbonyl (C=O) groups is 2. The molecule has 0 saturated heterocycles. The molecule has 0 aliphatic rings. The summed E-state index contributed by atoms with van der Waals surface area (Å²) >= 11 is 8.53. The number of hydrogen-bond donors (Lipinski definition) is 1. The first kappa shape index (κ1) is 26.5. The Hall–Kier alpha value is -2.09. The van der Waals surface area contributed by atoms with Gasteiger partial charge in [0.1, 0.15) is 6.04 Å². The van der Waals surface area contributed by atoms with Gasteiger partial charge in [-0.15, -0.1) is 11.8 Å². The van der Waals surface area contributed by atoms with Crippen molar-refractivity contribution >= 4 is 55.4 Å². The Balaban J connectivity index is 1.81. The molecular weight excluding hydrogens is 576 g/mol. The van der Waals surface area contributed by atoms with E-state index in [9.17, 15) is 9.59 Å². The van der Waals surface area contributed by atoms with Gasteiger partial charge in [-0.25, -0.2) is 0 Å². The zero-order valence-corrected chi connectivity index (χ0v) is 23.0. The Kier molecular flexibility index (Phi) is 10.7. The number of hydrogen-bond acceptors (Lipinski definition) is 3. The highest BCUT2D eigenvalue weighted by molar-refractivity contribution is 9.10. The van der Waals surface area contributed by atoms with E-state index in [1.165, 1.54) is 0 Å². The molecule has 34 heavy (non-hydrogen) atoms. The molecule has 0 unspecified atom stereocenters. The molecule has 2 amide bonds. The lowest BCUT2D eigenvalue weighted by molar-refractivity contribution is -0.139. The number of halogens is 2. The quantitative estimate of drug-likeness (QED) is 0.283. The van der Waals surface area contributed by atoms with Crippen LogP contribution in [0.2, 0.25) is 0 Å². The number of nitrogens with zero attached hydrogens (tertiary/aromatic N) is 1. The topological polar surface area (TPSA) is 49.4 Å². The van der Waals surface area contributed by atoms with Crippen LogP contribution in [0.1, 0.15) is 23.6 Å². The summed E-state index contributed by atoms with van der Waals surface area (Å²) in [7, 11) is 0. The van der Waals surface area contributed by atoms with Crippen LogP contribution >= 0.6 is 43.6 Å². The molecule has 4 nitrogen and oxygen atoms in total. The largest absolute Gasteiger partial charge is 0.355 e. The molecule has 0 bridgehead atoms. The molecule has 1 N–H and O–H groups in total. The second-order valence-electron chi connectivity index (χ2n) is 7.87. The maximum atomic E-state index is 13.5. The van der Waals surface area contributed by atoms with Crippen LogP contribution in [0.3, 0.4) is 0 Å². The van der Waals surface area contributed by atoms with Crippen molar-refractivity contribution in [3.63, 3.8) is 0 Å². The molecule has 1 atom stereocenters. The lowest BCUT2D eigenvalue weighted by atomic mass is 10.0. The predicted octanol–water partition coefficient (Wildman–Crippen LogP) is 6.22. The number of amides is 2. The number of nitrogens with one attached hydrogen (secondary N) is 1. The fourth-order valence-electron chi connectivity index (χ4n) is 3.60. The van der Waals surface area contributed by atoms with Crippen molar-refractivity contribution in [3.8, 4) is 0 Å². The Labute approximate surface area is 222 Å². The van der Waals surface area contributed by atoms with Gasteiger partial charge in [0.05, 0.1) is 5.75 Å². The zero-order valence-electron chi connectivity index (χ0n) is 19.0. The summed E-state index contributed by atoms with van der Waals surface area (Å²) in [5.74, 6) is 0.852. The third kappa shape index (κ3) is 8.29. The standard InChI is InChI=1S/C27H28Br2N2O2S/c1-2-30-27(33)25(16-20-7-4-3-5-8-20)31(17-22-9-6-10-24(29)15-22)26(32)19-34-18-21-11-13-23(28)14-12-21/h3-15,25H,2,16-19H2,1H3,(H,30,33)/t25-/m1/s1. The van der Waals surface area contributed by atoms with Crippen LogP contribution in [0.5, 0.6) is 0 Å². The molecule has 0 spiro atoms. The van der Waals surface area contributed by atoms with Gasteiger partial charge in [-0.2, -0.15) is 0 Å². The van der Waals surface area contributed by atoms with Crippen LogP contribution in [-0.4, -0.2) is 35.1 Å². The number of carbonyl (C=O) groups excluding carboxylic acids is 2. The monoisotopic (exact) mass is 602 g/mol. The van der Waals surface area contributed by atoms with Crippen LogP contribution in [0.4, 0.5) is 0 Å². The van der Waals surface area contributed by atoms with Crippen molar-refractivity contribution in [2.24, 2.45) is 0 Å². The summed E-state index contributed by atoms with van der Waals surface area (Å²) in [4.78, 5) is 28.4. The van der Waals surface area contributed by atoms with Gasteiger partial charge < -0.3 is 10.2 Å². The minimum Gasteiger partial charge on any atom is -0.355 e. The van der Waals surface area contributed by atoms with Crippen molar-refractivity contribution in [1.29, 1.82) is 0 Å². The van der Waals surface area contributed by atoms with Gasteiger partial charge in [0, 0.05) is 34.2 Å². The predicted molar refractivity (Wildman–Crippen MR) is 148 cm³/mol. The van der Waals surface area contributed by atoms with E-state index >= 15 is 0 Å². The van der Waals surface area contributed by atoms with Crippen molar-refractivity contribution in [3.05, 3.63) is 104 Å². The van der Waals surface area contributed by atoms with E-state index in [0.717, 1.165) is 31.4 Å². The van der Waals surface area contributed by atoms with E-state index in [0.29, 0.717) is 25.3 Å². The lowest BCUT2D eigenvalue weighted by Crippen LogP contribution is -2.51. The highest BCUT2D eigenvalue weighted by atomic mass is 79.9. The van der Waals surface area contributed by atoms with Gasteiger partial charge in [-0.05, 0) is 47.9 Å². The molecule has 3 aromatic carbocycles. The van der Waals surface area contributed by atoms with Crippen molar-refractivity contribution < 1.29 is 9.59 Å². The van der Waals surface area contributed by atoms with Crippen LogP contribution in [-0.2, 0) is 28.3 Å². The van der Waals surface area contributed by atoms with Gasteiger partial charge in [0.2, 0.25) is 11.8 Å². The summed E-state index contributed by atoms with van der Waals surface area (Å²) in [6.45, 7) is 2.78. The molecule has 7 heteroatoms. The molecule has 0 fully saturated rings. The molecule has 0 heterocycles. The van der Waals surface area contributed by atoms with Gasteiger partial charge in [-0.3, -0.25) is 9.59 Å². The Morgan fingerprint density at radius 1 is 0.882 bits per heavy atom. The summed E-state index contributed by atoms with van der Waals surface area (Å²) < 4.78 is 1.97. The highest BCUT2D eigenvalue weighted by Crippen LogP contribution is 2.21. The molecular formula is C27H28Br2N2O2S. The van der Waals surface area contributed by atoms with Crippen LogP contribution in [0.15, 0.2) is 87.8 Å². The first-order chi connectivity index (χ1) is 16.5. The van der Waals surface area contributed by atoms with E-state index in [1.54, 1.807) is 16.7 Å². The maximum absolute atomic E-state index is 13.5. The zero-order chi connectivity index (χ0) is 24.3. The van der Waals surface area contributed by atoms with Gasteiger partial charge in [0.25, 0.3) is 0 Å². The Bertz CT molecular complexity index is 1080. The van der Waals surface area contributed by atoms with Crippen LogP contribution in [0, 0.1) is 0 Å². The average molecular weight is 604 g/mol. The lowest BCUT2D eigenvalue weighted by Gasteiger charge is -2.31. The SMILES string of the molecule is CCNC(=O)[C@@H](Cc1ccccc1)N(Cc1cccc(Br)c1)C(=O)CSCc1ccc(Br)cc1. The molecule has 0 aliphatic carbocycles. The van der Waals surface area contributed by atoms with Crippen LogP contribution in [0.25, 0.3) is 0 Å². The fraction of sp³-hybridized carbons (Fsp3) is 0.259. The first-order valence-electron chi connectivity index (χ1n) is 11.1. The molecule has 3 rings (SSSR count). The maximum Gasteiger partial charge on any atom is 0.243 e. The molecule has 0 aromatic heterocycles. The van der Waals surface area contributed by atoms with Gasteiger partial charge >= 0.3 is 0 Å². The normalized spacial score (nSPS) is 11.6. The highest BCUT2D eigenvalue weighted by Gasteiger charge is 2.30. The molecule has 0 aliphatic heterocycles. The van der Waals surface area contributed by atoms with Gasteiger partial charge in [-0.1, -0.05) is 86.5 Å². The van der Waals surface area contributed by atoms with Crippen molar-refractivity contribution in [2.75, 3.05) is 12.3 Å². The van der Waals surface area contributed by atoms with Crippen molar-refractivity contribution in [2.45, 2.75) is 31.7 Å². The van der Waals surface area contributed by atoms with E-state index < -0.39 is 6.04 Å². The third-order valence-corrected chi connectivity index (χ3v) is 7.28. The molecule has 3 aromatic rings. The summed E-state index contributed by atoms with van der Waals surface area (Å²) in [5.41, 5.74) is 3.15. The van der Waals surface area contributed by atoms with Crippen molar-refractivity contribution in [1.82, 2.24) is 10.2 Å². The van der Waals surface area contributed by atoms with Gasteiger partial charge in [0.15, 0.2) is 0 Å². The minimum absolute atomic E-state index is 0.0470. The van der Waals surface area contributed by atoms with E-state index in [4.69, 9.17) is 0 Å². The average Bonchev–Trinajstić information content (AvgIpc) is 2.83. The molecule has 0 radical (unpaired) electrons. The third-order valence-electron chi connectivity index (χ3n) is 5.27. The Morgan fingerprint density at radius 3 is 2.26 bits per heavy atom. The second-order valence-corrected chi connectivity index (χ2v) is 10.7. The second kappa shape index (κ2) is 13.7. The molecule has 178 valence electrons. The number of benzene rings is 3. The first-order valence-corrected chi connectivity index (χ1v) is 13.9. The summed E-state index contributed by atoms with van der Waals surface area (Å²) in [6, 6.07) is 25.2. The minimum atomic E-state index is -0.595. The summed E-state index contributed by atoms with van der Waals surface area (Å²) in [6.07, 6.45) is 0.462. The van der Waals surface area contributed by atoms with E-state index in [1.807, 2.05) is 85.8 Å². The number of rotatable bonds is 11. The Morgan fingerprint density at radius 2 is 1.59 bits per heavy atom. The number of likely N-dealkylation sites (N-methyl/N-ethyl adjacent to an activating group) is 1. The van der Waals surface area contributed by atoms with Crippen LogP contribution < -0.4 is 5.32 Å². The van der Waals surface area contributed by atoms with E-state index in [-0.39, 0.29) is 11.8 Å².